The molecule has 0 aliphatic heterocycles. The summed E-state index contributed by atoms with van der Waals surface area (Å²) in [6.07, 6.45) is 14.0. The van der Waals surface area contributed by atoms with Crippen molar-refractivity contribution in [1.29, 1.82) is 0 Å². The molecule has 0 heterocycles. The molecule has 0 saturated heterocycles. The molecule has 1 aliphatic carbocycles. The first-order valence-corrected chi connectivity index (χ1v) is 3.30. The standard InChI is InChI=1S/C8H12.ClH2.Rh/c1-2-4-6-8-7-5-3-1;;/h1-2,7-8H,3-6H2;1H2;/q;+1;. The Balaban J connectivity index is 0. The van der Waals surface area contributed by atoms with Gasteiger partial charge in [-0.25, -0.2) is 0 Å². The molecule has 0 spiro atoms. The van der Waals surface area contributed by atoms with Gasteiger partial charge in [0.2, 0.25) is 0 Å². The molecule has 1 aliphatic rings. The number of hydrogen-bond donors (Lipinski definition) is 0. The van der Waals surface area contributed by atoms with Gasteiger partial charge >= 0.3 is 0 Å². The Hall–Kier alpha value is 0.393. The summed E-state index contributed by atoms with van der Waals surface area (Å²) in [4.78, 5) is 0. The second-order valence-electron chi connectivity index (χ2n) is 2.10. The fourth-order valence-electron chi connectivity index (χ4n) is 0.856. The van der Waals surface area contributed by atoms with E-state index < -0.39 is 0 Å². The summed E-state index contributed by atoms with van der Waals surface area (Å²) < 4.78 is 0. The van der Waals surface area contributed by atoms with Crippen LogP contribution in [0.15, 0.2) is 24.3 Å². The van der Waals surface area contributed by atoms with Gasteiger partial charge in [-0.1, -0.05) is 24.3 Å². The topological polar surface area (TPSA) is 0 Å². The Morgan fingerprint density at radius 3 is 1.00 bits per heavy atom. The van der Waals surface area contributed by atoms with Crippen molar-refractivity contribution < 1.29 is 31.9 Å². The largest absolute Gasteiger partial charge is 0.0903 e. The van der Waals surface area contributed by atoms with Gasteiger partial charge in [-0.2, -0.15) is 0 Å². The number of allylic oxidation sites excluding steroid dienone is 4. The van der Waals surface area contributed by atoms with Gasteiger partial charge in [0.15, 0.2) is 0 Å². The predicted octanol–water partition coefficient (Wildman–Crippen LogP) is 2.13. The van der Waals surface area contributed by atoms with Gasteiger partial charge in [0.1, 0.15) is 0 Å². The maximum Gasteiger partial charge on any atom is 0.0903 e. The van der Waals surface area contributed by atoms with Crippen LogP contribution in [0.2, 0.25) is 0 Å². The number of rotatable bonds is 0. The molecule has 1 radical (unpaired) electrons. The maximum absolute atomic E-state index is 2.27. The van der Waals surface area contributed by atoms with E-state index in [1.807, 2.05) is 0 Å². The summed E-state index contributed by atoms with van der Waals surface area (Å²) in [6, 6.07) is 0. The summed E-state index contributed by atoms with van der Waals surface area (Å²) in [7, 11) is 0. The van der Waals surface area contributed by atoms with Crippen molar-refractivity contribution >= 4 is 0 Å². The van der Waals surface area contributed by atoms with E-state index in [4.69, 9.17) is 0 Å². The first kappa shape index (κ1) is 13.0. The van der Waals surface area contributed by atoms with Crippen molar-refractivity contribution in [3.8, 4) is 0 Å². The molecule has 61 valence electrons. The van der Waals surface area contributed by atoms with E-state index in [2.05, 4.69) is 24.3 Å². The fraction of sp³-hybridized carbons (Fsp3) is 0.500. The van der Waals surface area contributed by atoms with Crippen LogP contribution in [0.1, 0.15) is 25.7 Å². The zero-order valence-corrected chi connectivity index (χ0v) is 8.45. The van der Waals surface area contributed by atoms with Crippen LogP contribution in [0.25, 0.3) is 0 Å². The summed E-state index contributed by atoms with van der Waals surface area (Å²) >= 11 is 0. The van der Waals surface area contributed by atoms with Crippen molar-refractivity contribution in [3.63, 3.8) is 0 Å². The van der Waals surface area contributed by atoms with E-state index in [1.165, 1.54) is 25.7 Å². The Morgan fingerprint density at radius 1 is 0.600 bits per heavy atom. The second kappa shape index (κ2) is 9.39. The number of hydrogen-bond acceptors (Lipinski definition) is 0. The van der Waals surface area contributed by atoms with Crippen LogP contribution in [0.3, 0.4) is 0 Å². The van der Waals surface area contributed by atoms with Crippen LogP contribution in [0.4, 0.5) is 0 Å². The minimum absolute atomic E-state index is 0. The van der Waals surface area contributed by atoms with Gasteiger partial charge in [0, 0.05) is 19.5 Å². The summed E-state index contributed by atoms with van der Waals surface area (Å²) in [5, 5.41) is 0. The smallest absolute Gasteiger partial charge is 0.0882 e. The van der Waals surface area contributed by atoms with Crippen molar-refractivity contribution in [3.05, 3.63) is 24.3 Å². The molecule has 0 amide bonds. The molecular weight excluding hydrogens is 234 g/mol. The Labute approximate surface area is 81.9 Å². The van der Waals surface area contributed by atoms with Crippen molar-refractivity contribution in [2.45, 2.75) is 25.7 Å². The molecule has 1 rings (SSSR count). The predicted molar refractivity (Wildman–Crippen MR) is 39.5 cm³/mol. The molecule has 0 aromatic carbocycles. The molecule has 0 fully saturated rings. The Morgan fingerprint density at radius 2 is 0.800 bits per heavy atom. The van der Waals surface area contributed by atoms with Crippen LogP contribution in [-0.2, 0) is 19.5 Å². The average molecular weight is 249 g/mol. The molecule has 0 aromatic rings. The molecule has 0 bridgehead atoms. The van der Waals surface area contributed by atoms with Crippen LogP contribution in [0.5, 0.6) is 0 Å². The zero-order chi connectivity index (χ0) is 5.66. The van der Waals surface area contributed by atoms with E-state index in [9.17, 15) is 0 Å². The molecule has 0 atom stereocenters. The molecule has 0 N–H and O–H groups in total. The van der Waals surface area contributed by atoms with Gasteiger partial charge in [0.05, 0.1) is 12.4 Å². The third-order valence-electron chi connectivity index (χ3n) is 1.33. The molecule has 10 heavy (non-hydrogen) atoms. The average Bonchev–Trinajstić information content (AvgIpc) is 1.62. The van der Waals surface area contributed by atoms with Crippen molar-refractivity contribution in [2.24, 2.45) is 0 Å². The Bertz CT molecular complexity index is 81.8. The Kier molecular flexibility index (Phi) is 12.2. The molecular formula is C8H14ClRh+. The van der Waals surface area contributed by atoms with Gasteiger partial charge in [-0.3, -0.25) is 0 Å². The molecule has 0 unspecified atom stereocenters. The third-order valence-corrected chi connectivity index (χ3v) is 1.33. The molecule has 0 aromatic heterocycles. The van der Waals surface area contributed by atoms with Crippen molar-refractivity contribution in [2.75, 3.05) is 0 Å². The van der Waals surface area contributed by atoms with E-state index >= 15 is 0 Å². The molecule has 0 saturated carbocycles. The van der Waals surface area contributed by atoms with E-state index in [1.54, 1.807) is 0 Å². The molecule has 2 heteroatoms. The first-order chi connectivity index (χ1) is 4.00. The van der Waals surface area contributed by atoms with Gasteiger partial charge in [-0.15, -0.1) is 0 Å². The van der Waals surface area contributed by atoms with Crippen LogP contribution in [0, 0.1) is 12.4 Å². The van der Waals surface area contributed by atoms with Crippen molar-refractivity contribution in [1.82, 2.24) is 0 Å². The minimum Gasteiger partial charge on any atom is -0.0882 e. The maximum atomic E-state index is 2.27. The zero-order valence-electron chi connectivity index (χ0n) is 5.92. The van der Waals surface area contributed by atoms with E-state index in [0.29, 0.717) is 0 Å². The molecule has 0 nitrogen and oxygen atoms in total. The SMILES string of the molecule is C1=CCCC=CCC1.[ClH2+].[Rh]. The van der Waals surface area contributed by atoms with Gasteiger partial charge in [-0.05, 0) is 25.7 Å². The number of halogens is 1. The van der Waals surface area contributed by atoms with Crippen LogP contribution >= 0.6 is 0 Å². The fourth-order valence-corrected chi connectivity index (χ4v) is 0.856. The summed E-state index contributed by atoms with van der Waals surface area (Å²) in [5.74, 6) is 0. The van der Waals surface area contributed by atoms with E-state index in [-0.39, 0.29) is 31.9 Å². The monoisotopic (exact) mass is 248 g/mol. The van der Waals surface area contributed by atoms with Gasteiger partial charge < -0.3 is 0 Å². The van der Waals surface area contributed by atoms with E-state index in [0.717, 1.165) is 0 Å². The summed E-state index contributed by atoms with van der Waals surface area (Å²) in [6.45, 7) is 0. The normalized spacial score (nSPS) is 16.0. The third kappa shape index (κ3) is 6.51. The second-order valence-corrected chi connectivity index (χ2v) is 2.10. The van der Waals surface area contributed by atoms with Crippen LogP contribution < -0.4 is 0 Å². The van der Waals surface area contributed by atoms with Crippen LogP contribution in [-0.4, -0.2) is 0 Å². The summed E-state index contributed by atoms with van der Waals surface area (Å²) in [5.41, 5.74) is 0. The quantitative estimate of drug-likeness (QED) is 0.455. The van der Waals surface area contributed by atoms with Gasteiger partial charge in [0.25, 0.3) is 0 Å². The minimum atomic E-state index is 0. The first-order valence-electron chi connectivity index (χ1n) is 3.30.